The van der Waals surface area contributed by atoms with Gasteiger partial charge in [0.15, 0.2) is 0 Å². The van der Waals surface area contributed by atoms with Crippen molar-refractivity contribution < 1.29 is 0 Å². The number of halogens is 1. The number of hydrogen-bond acceptors (Lipinski definition) is 4. The zero-order valence-corrected chi connectivity index (χ0v) is 13.2. The maximum Gasteiger partial charge on any atom is 0.0965 e. The van der Waals surface area contributed by atoms with E-state index in [4.69, 9.17) is 11.6 Å². The van der Waals surface area contributed by atoms with Gasteiger partial charge in [-0.05, 0) is 30.9 Å². The lowest BCUT2D eigenvalue weighted by molar-refractivity contribution is 0.449. The average Bonchev–Trinajstić information content (AvgIpc) is 3.03. The van der Waals surface area contributed by atoms with Crippen LogP contribution in [0.15, 0.2) is 17.6 Å². The predicted molar refractivity (Wildman–Crippen MR) is 83.5 cm³/mol. The molecule has 102 valence electrons. The van der Waals surface area contributed by atoms with Crippen LogP contribution in [0.1, 0.15) is 47.2 Å². The van der Waals surface area contributed by atoms with Gasteiger partial charge in [-0.15, -0.1) is 22.7 Å². The van der Waals surface area contributed by atoms with Crippen molar-refractivity contribution in [3.63, 3.8) is 0 Å². The first-order valence-corrected chi connectivity index (χ1v) is 8.72. The van der Waals surface area contributed by atoms with Gasteiger partial charge in [0.05, 0.1) is 9.34 Å². The number of hydrogen-bond donors (Lipinski definition) is 1. The highest BCUT2D eigenvalue weighted by Gasteiger charge is 2.23. The number of thiophene rings is 1. The lowest BCUT2D eigenvalue weighted by Crippen LogP contribution is -2.27. The van der Waals surface area contributed by atoms with Crippen molar-refractivity contribution in [2.45, 2.75) is 38.1 Å². The minimum atomic E-state index is 0.468. The maximum absolute atomic E-state index is 6.14. The lowest BCUT2D eigenvalue weighted by Gasteiger charge is -2.25. The molecule has 2 aromatic heterocycles. The van der Waals surface area contributed by atoms with Crippen molar-refractivity contribution in [2.24, 2.45) is 0 Å². The van der Waals surface area contributed by atoms with Gasteiger partial charge in [-0.3, -0.25) is 0 Å². The van der Waals surface area contributed by atoms with Crippen molar-refractivity contribution in [3.05, 3.63) is 37.4 Å². The Morgan fingerprint density at radius 1 is 1.58 bits per heavy atom. The van der Waals surface area contributed by atoms with Crippen LogP contribution < -0.4 is 5.32 Å². The highest BCUT2D eigenvalue weighted by atomic mass is 35.5. The van der Waals surface area contributed by atoms with Gasteiger partial charge >= 0.3 is 0 Å². The summed E-state index contributed by atoms with van der Waals surface area (Å²) in [5, 5.41) is 6.95. The average molecular weight is 313 g/mol. The van der Waals surface area contributed by atoms with E-state index in [1.807, 2.05) is 11.6 Å². The van der Waals surface area contributed by atoms with Crippen LogP contribution >= 0.6 is 34.3 Å². The molecule has 2 atom stereocenters. The largest absolute Gasteiger partial charge is 0.309 e. The summed E-state index contributed by atoms with van der Waals surface area (Å²) in [5.41, 5.74) is 1.42. The molecule has 2 unspecified atom stereocenters. The number of aryl methyl sites for hydroxylation is 1. The second kappa shape index (κ2) is 5.92. The van der Waals surface area contributed by atoms with E-state index >= 15 is 0 Å². The van der Waals surface area contributed by atoms with Gasteiger partial charge < -0.3 is 5.32 Å². The molecular weight excluding hydrogens is 296 g/mol. The van der Waals surface area contributed by atoms with E-state index in [0.717, 1.165) is 10.9 Å². The molecule has 0 aromatic carbocycles. The van der Waals surface area contributed by atoms with Crippen molar-refractivity contribution >= 4 is 34.3 Å². The van der Waals surface area contributed by atoms with Crippen LogP contribution in [0.5, 0.6) is 0 Å². The van der Waals surface area contributed by atoms with Gasteiger partial charge in [-0.25, -0.2) is 4.98 Å². The molecule has 2 heterocycles. The Hall–Kier alpha value is -0.420. The highest BCUT2D eigenvalue weighted by molar-refractivity contribution is 7.16. The maximum atomic E-state index is 6.14. The first kappa shape index (κ1) is 13.6. The third-order valence-corrected chi connectivity index (χ3v) is 5.97. The minimum absolute atomic E-state index is 0.468. The molecule has 3 rings (SSSR count). The summed E-state index contributed by atoms with van der Waals surface area (Å²) in [5.74, 6) is 0.472. The number of thiazole rings is 1. The van der Waals surface area contributed by atoms with Crippen molar-refractivity contribution in [1.29, 1.82) is 0 Å². The minimum Gasteiger partial charge on any atom is -0.309 e. The Labute approximate surface area is 126 Å². The quantitative estimate of drug-likeness (QED) is 0.890. The van der Waals surface area contributed by atoms with E-state index in [0.29, 0.717) is 12.0 Å². The number of nitrogens with zero attached hydrogens (tertiary/aromatic N) is 1. The molecule has 2 nitrogen and oxygen atoms in total. The van der Waals surface area contributed by atoms with Crippen LogP contribution in [-0.2, 0) is 6.42 Å². The summed E-state index contributed by atoms with van der Waals surface area (Å²) in [6, 6.07) is 2.61. The van der Waals surface area contributed by atoms with Crippen LogP contribution in [0.3, 0.4) is 0 Å². The van der Waals surface area contributed by atoms with E-state index < -0.39 is 0 Å². The molecule has 0 bridgehead atoms. The van der Waals surface area contributed by atoms with Crippen LogP contribution in [0.25, 0.3) is 0 Å². The Morgan fingerprint density at radius 2 is 2.47 bits per heavy atom. The summed E-state index contributed by atoms with van der Waals surface area (Å²) < 4.78 is 0.923. The first-order valence-electron chi connectivity index (χ1n) is 6.65. The van der Waals surface area contributed by atoms with Gasteiger partial charge in [-0.1, -0.05) is 18.5 Å². The van der Waals surface area contributed by atoms with E-state index in [9.17, 15) is 0 Å². The standard InChI is InChI=1S/C14H17ClN2S2/c1-9(14-16-5-6-18-14)8-17-11-3-2-4-12-10(11)7-13(15)19-12/h5-7,9,11,17H,2-4,8H2,1H3. The predicted octanol–water partition coefficient (Wildman–Crippen LogP) is 4.63. The normalized spacial score (nSPS) is 20.2. The first-order chi connectivity index (χ1) is 9.24. The second-order valence-corrected chi connectivity index (χ2v) is 7.75. The molecule has 0 amide bonds. The number of fused-ring (bicyclic) bond motifs is 1. The van der Waals surface area contributed by atoms with Crippen LogP contribution in [-0.4, -0.2) is 11.5 Å². The monoisotopic (exact) mass is 312 g/mol. The summed E-state index contributed by atoms with van der Waals surface area (Å²) in [7, 11) is 0. The SMILES string of the molecule is CC(CNC1CCCc2sc(Cl)cc21)c1nccs1. The zero-order valence-electron chi connectivity index (χ0n) is 10.9. The highest BCUT2D eigenvalue weighted by Crippen LogP contribution is 2.38. The summed E-state index contributed by atoms with van der Waals surface area (Å²) in [4.78, 5) is 5.86. The van der Waals surface area contributed by atoms with Crippen molar-refractivity contribution in [1.82, 2.24) is 10.3 Å². The van der Waals surface area contributed by atoms with Gasteiger partial charge in [0.25, 0.3) is 0 Å². The number of nitrogens with one attached hydrogen (secondary N) is 1. The third-order valence-electron chi connectivity index (χ3n) is 3.63. The Bertz CT molecular complexity index is 536. The third kappa shape index (κ3) is 3.02. The smallest absolute Gasteiger partial charge is 0.0965 e. The lowest BCUT2D eigenvalue weighted by atomic mass is 9.93. The molecule has 19 heavy (non-hydrogen) atoms. The Kier molecular flexibility index (Phi) is 4.22. The second-order valence-electron chi connectivity index (χ2n) is 5.05. The molecule has 2 aromatic rings. The molecule has 0 spiro atoms. The van der Waals surface area contributed by atoms with Gasteiger partial charge in [0, 0.05) is 35.0 Å². The van der Waals surface area contributed by atoms with E-state index in [1.54, 1.807) is 22.7 Å². The fourth-order valence-corrected chi connectivity index (χ4v) is 4.70. The molecular formula is C14H17ClN2S2. The van der Waals surface area contributed by atoms with E-state index in [2.05, 4.69) is 23.3 Å². The summed E-state index contributed by atoms with van der Waals surface area (Å²) in [6.45, 7) is 3.21. The van der Waals surface area contributed by atoms with E-state index in [1.165, 1.54) is 34.7 Å². The molecule has 0 aliphatic heterocycles. The molecule has 1 aliphatic rings. The van der Waals surface area contributed by atoms with Crippen LogP contribution in [0, 0.1) is 0 Å². The molecule has 0 radical (unpaired) electrons. The van der Waals surface area contributed by atoms with Crippen LogP contribution in [0.2, 0.25) is 4.34 Å². The Morgan fingerprint density at radius 3 is 3.26 bits per heavy atom. The topological polar surface area (TPSA) is 24.9 Å². The van der Waals surface area contributed by atoms with Crippen molar-refractivity contribution in [3.8, 4) is 0 Å². The zero-order chi connectivity index (χ0) is 13.2. The molecule has 0 saturated carbocycles. The molecule has 0 saturated heterocycles. The molecule has 5 heteroatoms. The number of rotatable bonds is 4. The van der Waals surface area contributed by atoms with Gasteiger partial charge in [-0.2, -0.15) is 0 Å². The van der Waals surface area contributed by atoms with Crippen LogP contribution in [0.4, 0.5) is 0 Å². The summed E-state index contributed by atoms with van der Waals surface area (Å²) >= 11 is 9.62. The van der Waals surface area contributed by atoms with E-state index in [-0.39, 0.29) is 0 Å². The number of aromatic nitrogens is 1. The van der Waals surface area contributed by atoms with Gasteiger partial charge in [0.1, 0.15) is 0 Å². The Balaban J connectivity index is 1.65. The van der Waals surface area contributed by atoms with Crippen molar-refractivity contribution in [2.75, 3.05) is 6.54 Å². The molecule has 1 aliphatic carbocycles. The molecule has 0 fully saturated rings. The summed E-state index contributed by atoms with van der Waals surface area (Å²) in [6.07, 6.45) is 5.54. The molecule has 1 N–H and O–H groups in total. The fraction of sp³-hybridized carbons (Fsp3) is 0.500. The fourth-order valence-electron chi connectivity index (χ4n) is 2.62. The van der Waals surface area contributed by atoms with Gasteiger partial charge in [0.2, 0.25) is 0 Å².